The Morgan fingerprint density at radius 1 is 1.28 bits per heavy atom. The summed E-state index contributed by atoms with van der Waals surface area (Å²) in [5.74, 6) is 1.86. The Labute approximate surface area is 191 Å². The van der Waals surface area contributed by atoms with Gasteiger partial charge in [-0.05, 0) is 49.7 Å². The average molecular weight is 457 g/mol. The fraction of sp³-hybridized carbons (Fsp3) is 0.364. The Bertz CT molecular complexity index is 1040. The number of methoxy groups -OCH3 is 1. The maximum absolute atomic E-state index is 12.7. The van der Waals surface area contributed by atoms with E-state index in [1.807, 2.05) is 12.1 Å². The Morgan fingerprint density at radius 3 is 2.75 bits per heavy atom. The van der Waals surface area contributed by atoms with Gasteiger partial charge in [-0.1, -0.05) is 16.8 Å². The average Bonchev–Trinajstić information content (AvgIpc) is 3.21. The number of anilines is 1. The number of rotatable bonds is 6. The van der Waals surface area contributed by atoms with Crippen LogP contribution >= 0.6 is 11.6 Å². The summed E-state index contributed by atoms with van der Waals surface area (Å²) in [5.41, 5.74) is 1.56. The Balaban J connectivity index is 1.47. The van der Waals surface area contributed by atoms with Crippen LogP contribution in [0.15, 0.2) is 47.1 Å². The van der Waals surface area contributed by atoms with Crippen LogP contribution in [0.4, 0.5) is 10.5 Å². The summed E-state index contributed by atoms with van der Waals surface area (Å²) >= 11 is 5.92. The van der Waals surface area contributed by atoms with Crippen LogP contribution in [0, 0.1) is 6.92 Å². The summed E-state index contributed by atoms with van der Waals surface area (Å²) in [6.07, 6.45) is 2.44. The molecule has 2 amide bonds. The van der Waals surface area contributed by atoms with Crippen LogP contribution in [-0.4, -0.2) is 52.3 Å². The molecule has 4 rings (SSSR count). The zero-order chi connectivity index (χ0) is 22.5. The largest absolute Gasteiger partial charge is 0.495 e. The summed E-state index contributed by atoms with van der Waals surface area (Å²) in [7, 11) is 1.61. The molecule has 2 atom stereocenters. The smallest absolute Gasteiger partial charge is 0.319 e. The maximum Gasteiger partial charge on any atom is 0.319 e. The molecule has 2 unspecified atom stereocenters. The van der Waals surface area contributed by atoms with Gasteiger partial charge in [0.2, 0.25) is 5.89 Å². The lowest BCUT2D eigenvalue weighted by atomic mass is 9.88. The van der Waals surface area contributed by atoms with Crippen molar-refractivity contribution >= 4 is 23.3 Å². The van der Waals surface area contributed by atoms with E-state index in [0.717, 1.165) is 18.7 Å². The fourth-order valence-corrected chi connectivity index (χ4v) is 3.96. The summed E-state index contributed by atoms with van der Waals surface area (Å²) < 4.78 is 10.5. The van der Waals surface area contributed by atoms with Crippen LogP contribution < -0.4 is 15.4 Å². The topological polar surface area (TPSA) is 105 Å². The van der Waals surface area contributed by atoms with Gasteiger partial charge < -0.3 is 19.9 Å². The molecular weight excluding hydrogens is 432 g/mol. The van der Waals surface area contributed by atoms with E-state index in [1.54, 1.807) is 44.5 Å². The highest BCUT2D eigenvalue weighted by Crippen LogP contribution is 2.28. The van der Waals surface area contributed by atoms with Crippen LogP contribution in [-0.2, 0) is 6.54 Å². The second-order valence-electron chi connectivity index (χ2n) is 7.70. The second-order valence-corrected chi connectivity index (χ2v) is 8.14. The van der Waals surface area contributed by atoms with Gasteiger partial charge in [0.1, 0.15) is 5.75 Å². The van der Waals surface area contributed by atoms with Crippen LogP contribution in [0.2, 0.25) is 5.02 Å². The molecule has 0 saturated carbocycles. The number of benzene rings is 1. The summed E-state index contributed by atoms with van der Waals surface area (Å²) in [5, 5.41) is 10.5. The lowest BCUT2D eigenvalue weighted by Gasteiger charge is -2.38. The van der Waals surface area contributed by atoms with Crippen LogP contribution in [0.5, 0.6) is 5.75 Å². The highest BCUT2D eigenvalue weighted by molar-refractivity contribution is 6.30. The summed E-state index contributed by atoms with van der Waals surface area (Å²) in [6, 6.07) is 10.5. The second kappa shape index (κ2) is 9.97. The molecule has 1 aromatic carbocycles. The molecule has 9 nitrogen and oxygen atoms in total. The highest BCUT2D eigenvalue weighted by atomic mass is 35.5. The molecule has 2 N–H and O–H groups in total. The van der Waals surface area contributed by atoms with Gasteiger partial charge in [0.05, 0.1) is 19.9 Å². The third-order valence-corrected chi connectivity index (χ3v) is 5.67. The number of likely N-dealkylation sites (tertiary alicyclic amines) is 1. The van der Waals surface area contributed by atoms with Crippen molar-refractivity contribution in [2.24, 2.45) is 0 Å². The first kappa shape index (κ1) is 22.0. The minimum absolute atomic E-state index is 0.0188. The summed E-state index contributed by atoms with van der Waals surface area (Å²) in [6.45, 7) is 3.82. The van der Waals surface area contributed by atoms with E-state index >= 15 is 0 Å². The Morgan fingerprint density at radius 2 is 2.09 bits per heavy atom. The SMILES string of the molecule is COc1ccc(C2CN(Cc3nc(C)no3)CCC2NC(=O)Nc2ccc(Cl)cc2)nc1. The minimum atomic E-state index is -0.267. The van der Waals surface area contributed by atoms with E-state index in [1.165, 1.54) is 0 Å². The number of hydrogen-bond acceptors (Lipinski definition) is 7. The Hall–Kier alpha value is -3.17. The number of amides is 2. The predicted octanol–water partition coefficient (Wildman–Crippen LogP) is 3.61. The standard InChI is InChI=1S/C22H25ClN6O3/c1-14-25-21(32-28-14)13-29-10-9-20(18(12-29)19-8-7-17(31-2)11-24-19)27-22(30)26-16-5-3-15(23)4-6-16/h3-8,11,18,20H,9-10,12-13H2,1-2H3,(H2,26,27,30). The van der Waals surface area contributed by atoms with Gasteiger partial charge in [-0.25, -0.2) is 4.79 Å². The van der Waals surface area contributed by atoms with Crippen molar-refractivity contribution in [3.63, 3.8) is 0 Å². The molecule has 3 heterocycles. The monoisotopic (exact) mass is 456 g/mol. The molecule has 0 aliphatic carbocycles. The molecule has 168 valence electrons. The highest BCUT2D eigenvalue weighted by Gasteiger charge is 2.33. The number of halogens is 1. The number of hydrogen-bond donors (Lipinski definition) is 2. The number of pyridine rings is 1. The predicted molar refractivity (Wildman–Crippen MR) is 120 cm³/mol. The van der Waals surface area contributed by atoms with Gasteiger partial charge in [-0.15, -0.1) is 0 Å². The van der Waals surface area contributed by atoms with Crippen molar-refractivity contribution in [3.8, 4) is 5.75 Å². The zero-order valence-corrected chi connectivity index (χ0v) is 18.7. The lowest BCUT2D eigenvalue weighted by Crippen LogP contribution is -2.50. The molecule has 2 aromatic heterocycles. The van der Waals surface area contributed by atoms with Crippen LogP contribution in [0.3, 0.4) is 0 Å². The quantitative estimate of drug-likeness (QED) is 0.583. The van der Waals surface area contributed by atoms with E-state index in [-0.39, 0.29) is 18.0 Å². The minimum Gasteiger partial charge on any atom is -0.495 e. The first-order chi connectivity index (χ1) is 15.5. The van der Waals surface area contributed by atoms with Gasteiger partial charge in [-0.3, -0.25) is 9.88 Å². The van der Waals surface area contributed by atoms with E-state index in [4.69, 9.17) is 20.9 Å². The molecule has 1 aliphatic rings. The number of ether oxygens (including phenoxy) is 1. The van der Waals surface area contributed by atoms with Gasteiger partial charge in [0.25, 0.3) is 0 Å². The first-order valence-electron chi connectivity index (χ1n) is 10.3. The van der Waals surface area contributed by atoms with Crippen molar-refractivity contribution in [2.75, 3.05) is 25.5 Å². The van der Waals surface area contributed by atoms with Crippen LogP contribution in [0.25, 0.3) is 0 Å². The van der Waals surface area contributed by atoms with Crippen molar-refractivity contribution in [1.82, 2.24) is 25.3 Å². The maximum atomic E-state index is 12.7. The molecule has 1 saturated heterocycles. The molecule has 0 radical (unpaired) electrons. The molecule has 3 aromatic rings. The molecule has 1 aliphatic heterocycles. The number of aromatic nitrogens is 3. The number of nitrogens with one attached hydrogen (secondary N) is 2. The van der Waals surface area contributed by atoms with Gasteiger partial charge in [0, 0.05) is 41.5 Å². The first-order valence-corrected chi connectivity index (χ1v) is 10.7. The van der Waals surface area contributed by atoms with Gasteiger partial charge >= 0.3 is 6.03 Å². The fourth-order valence-electron chi connectivity index (χ4n) is 3.83. The van der Waals surface area contributed by atoms with Crippen molar-refractivity contribution in [2.45, 2.75) is 31.8 Å². The van der Waals surface area contributed by atoms with E-state index in [2.05, 4.69) is 30.7 Å². The number of nitrogens with zero attached hydrogens (tertiary/aromatic N) is 4. The van der Waals surface area contributed by atoms with Crippen molar-refractivity contribution in [1.29, 1.82) is 0 Å². The van der Waals surface area contributed by atoms with Crippen molar-refractivity contribution < 1.29 is 14.1 Å². The van der Waals surface area contributed by atoms with Gasteiger partial charge in [-0.2, -0.15) is 4.98 Å². The zero-order valence-electron chi connectivity index (χ0n) is 17.9. The molecule has 0 spiro atoms. The third-order valence-electron chi connectivity index (χ3n) is 5.42. The van der Waals surface area contributed by atoms with Gasteiger partial charge in [0.15, 0.2) is 5.82 Å². The number of aryl methyl sites for hydroxylation is 1. The Kier molecular flexibility index (Phi) is 6.87. The number of urea groups is 1. The number of carbonyl (C=O) groups is 1. The molecule has 0 bridgehead atoms. The molecular formula is C22H25ClN6O3. The van der Waals surface area contributed by atoms with E-state index < -0.39 is 0 Å². The van der Waals surface area contributed by atoms with E-state index in [0.29, 0.717) is 41.3 Å². The van der Waals surface area contributed by atoms with E-state index in [9.17, 15) is 4.79 Å². The lowest BCUT2D eigenvalue weighted by molar-refractivity contribution is 0.151. The molecule has 32 heavy (non-hydrogen) atoms. The molecule has 1 fully saturated rings. The van der Waals surface area contributed by atoms with Crippen molar-refractivity contribution in [3.05, 3.63) is 65.0 Å². The third kappa shape index (κ3) is 5.54. The summed E-state index contributed by atoms with van der Waals surface area (Å²) in [4.78, 5) is 23.8. The molecule has 10 heteroatoms. The van der Waals surface area contributed by atoms with Crippen LogP contribution in [0.1, 0.15) is 29.7 Å². The number of piperidine rings is 1. The number of carbonyl (C=O) groups excluding carboxylic acids is 1. The normalized spacial score (nSPS) is 18.8.